The van der Waals surface area contributed by atoms with Gasteiger partial charge in [-0.25, -0.2) is 0 Å². The van der Waals surface area contributed by atoms with Gasteiger partial charge in [0.2, 0.25) is 0 Å². The minimum atomic E-state index is -0.672. The molecule has 0 saturated heterocycles. The van der Waals surface area contributed by atoms with Crippen LogP contribution in [0.15, 0.2) is 53.0 Å². The molecule has 0 heterocycles. The molecule has 2 nitrogen and oxygen atoms in total. The van der Waals surface area contributed by atoms with Crippen molar-refractivity contribution in [3.8, 4) is 0 Å². The first-order chi connectivity index (χ1) is 9.08. The Morgan fingerprint density at radius 2 is 1.84 bits per heavy atom. The topological polar surface area (TPSA) is 46.2 Å². The molecule has 0 aliphatic carbocycles. The van der Waals surface area contributed by atoms with Gasteiger partial charge in [-0.1, -0.05) is 57.9 Å². The van der Waals surface area contributed by atoms with Gasteiger partial charge in [0.1, 0.15) is 0 Å². The van der Waals surface area contributed by atoms with Crippen LogP contribution in [-0.4, -0.2) is 11.2 Å². The third kappa shape index (κ3) is 3.80. The Morgan fingerprint density at radius 1 is 1.16 bits per heavy atom. The van der Waals surface area contributed by atoms with Crippen LogP contribution in [0.1, 0.15) is 17.2 Å². The van der Waals surface area contributed by atoms with E-state index in [-0.39, 0.29) is 0 Å². The Bertz CT molecular complexity index is 547. The fourth-order valence-corrected chi connectivity index (χ4v) is 2.58. The maximum atomic E-state index is 10.2. The third-order valence-corrected chi connectivity index (χ3v) is 3.86. The molecule has 0 fully saturated rings. The van der Waals surface area contributed by atoms with Crippen LogP contribution in [0.2, 0.25) is 5.02 Å². The molecule has 0 aliphatic rings. The summed E-state index contributed by atoms with van der Waals surface area (Å²) in [5.41, 5.74) is 7.90. The van der Waals surface area contributed by atoms with E-state index in [0.717, 1.165) is 15.6 Å². The van der Waals surface area contributed by atoms with Gasteiger partial charge in [-0.15, -0.1) is 0 Å². The van der Waals surface area contributed by atoms with Crippen LogP contribution in [0.3, 0.4) is 0 Å². The summed E-state index contributed by atoms with van der Waals surface area (Å²) in [7, 11) is 0. The van der Waals surface area contributed by atoms with E-state index in [1.54, 1.807) is 6.07 Å². The molecule has 2 aromatic rings. The monoisotopic (exact) mass is 339 g/mol. The van der Waals surface area contributed by atoms with Crippen LogP contribution < -0.4 is 5.73 Å². The molecule has 4 heteroatoms. The molecule has 0 spiro atoms. The standard InChI is InChI=1S/C15H15BrClNO/c16-11-6-7-13(17)12(9-11)15(18)14(19)8-10-4-2-1-3-5-10/h1-7,9,14-15,19H,8,18H2/t14-,15+/m0/s1. The fraction of sp³-hybridized carbons (Fsp3) is 0.200. The summed E-state index contributed by atoms with van der Waals surface area (Å²) in [6.07, 6.45) is -0.167. The molecule has 0 aromatic heterocycles. The molecule has 0 saturated carbocycles. The molecule has 2 atom stereocenters. The summed E-state index contributed by atoms with van der Waals surface area (Å²) in [6, 6.07) is 14.7. The van der Waals surface area contributed by atoms with Gasteiger partial charge in [-0.2, -0.15) is 0 Å². The first-order valence-corrected chi connectivity index (χ1v) is 7.17. The summed E-state index contributed by atoms with van der Waals surface area (Å²) >= 11 is 9.51. The molecule has 100 valence electrons. The fourth-order valence-electron chi connectivity index (χ4n) is 1.96. The van der Waals surface area contributed by atoms with E-state index in [0.29, 0.717) is 11.4 Å². The van der Waals surface area contributed by atoms with Crippen LogP contribution in [0, 0.1) is 0 Å². The highest BCUT2D eigenvalue weighted by molar-refractivity contribution is 9.10. The van der Waals surface area contributed by atoms with Gasteiger partial charge in [-0.3, -0.25) is 0 Å². The summed E-state index contributed by atoms with van der Waals surface area (Å²) in [4.78, 5) is 0. The number of benzene rings is 2. The Balaban J connectivity index is 2.14. The zero-order chi connectivity index (χ0) is 13.8. The smallest absolute Gasteiger partial charge is 0.0773 e. The number of aliphatic hydroxyl groups is 1. The Kier molecular flexibility index (Phi) is 4.99. The van der Waals surface area contributed by atoms with Crippen molar-refractivity contribution in [2.45, 2.75) is 18.6 Å². The summed E-state index contributed by atoms with van der Waals surface area (Å²) in [5.74, 6) is 0. The van der Waals surface area contributed by atoms with Gasteiger partial charge >= 0.3 is 0 Å². The normalized spacial score (nSPS) is 14.1. The molecule has 19 heavy (non-hydrogen) atoms. The molecule has 3 N–H and O–H groups in total. The number of aliphatic hydroxyl groups excluding tert-OH is 1. The predicted octanol–water partition coefficient (Wildman–Crippen LogP) is 3.71. The maximum absolute atomic E-state index is 10.2. The van der Waals surface area contributed by atoms with Gasteiger partial charge in [-0.05, 0) is 29.3 Å². The quantitative estimate of drug-likeness (QED) is 0.891. The van der Waals surface area contributed by atoms with Crippen molar-refractivity contribution in [2.24, 2.45) is 5.73 Å². The summed E-state index contributed by atoms with van der Waals surface area (Å²) < 4.78 is 0.897. The average molecular weight is 341 g/mol. The highest BCUT2D eigenvalue weighted by atomic mass is 79.9. The molecular weight excluding hydrogens is 326 g/mol. The van der Waals surface area contributed by atoms with Crippen molar-refractivity contribution in [1.29, 1.82) is 0 Å². The molecule has 2 rings (SSSR count). The second-order valence-corrected chi connectivity index (χ2v) is 5.77. The van der Waals surface area contributed by atoms with Crippen LogP contribution in [0.25, 0.3) is 0 Å². The third-order valence-electron chi connectivity index (χ3n) is 3.02. The van der Waals surface area contributed by atoms with Gasteiger partial charge in [0, 0.05) is 15.9 Å². The zero-order valence-electron chi connectivity index (χ0n) is 10.3. The molecule has 0 unspecified atom stereocenters. The van der Waals surface area contributed by atoms with E-state index in [1.807, 2.05) is 42.5 Å². The lowest BCUT2D eigenvalue weighted by molar-refractivity contribution is 0.145. The van der Waals surface area contributed by atoms with E-state index in [1.165, 1.54) is 0 Å². The first-order valence-electron chi connectivity index (χ1n) is 6.00. The SMILES string of the molecule is N[C@H](c1cc(Br)ccc1Cl)[C@@H](O)Cc1ccccc1. The average Bonchev–Trinajstić information content (AvgIpc) is 2.42. The Labute approximate surface area is 126 Å². The van der Waals surface area contributed by atoms with Crippen LogP contribution in [-0.2, 0) is 6.42 Å². The molecule has 0 radical (unpaired) electrons. The number of hydrogen-bond donors (Lipinski definition) is 2. The van der Waals surface area contributed by atoms with Crippen LogP contribution in [0.5, 0.6) is 0 Å². The lowest BCUT2D eigenvalue weighted by Crippen LogP contribution is -2.28. The molecule has 0 aliphatic heterocycles. The minimum absolute atomic E-state index is 0.505. The van der Waals surface area contributed by atoms with Crippen molar-refractivity contribution >= 4 is 27.5 Å². The van der Waals surface area contributed by atoms with Crippen LogP contribution >= 0.6 is 27.5 Å². The van der Waals surface area contributed by atoms with E-state index >= 15 is 0 Å². The minimum Gasteiger partial charge on any atom is -0.391 e. The lowest BCUT2D eigenvalue weighted by Gasteiger charge is -2.20. The highest BCUT2D eigenvalue weighted by Crippen LogP contribution is 2.28. The molecule has 2 aromatic carbocycles. The lowest BCUT2D eigenvalue weighted by atomic mass is 9.97. The second kappa shape index (κ2) is 6.53. The van der Waals surface area contributed by atoms with E-state index in [4.69, 9.17) is 17.3 Å². The van der Waals surface area contributed by atoms with Gasteiger partial charge in [0.05, 0.1) is 12.1 Å². The summed E-state index contributed by atoms with van der Waals surface area (Å²) in [5, 5.41) is 10.8. The Hall–Kier alpha value is -0.870. The van der Waals surface area contributed by atoms with Gasteiger partial charge in [0.25, 0.3) is 0 Å². The molecule has 0 bridgehead atoms. The van der Waals surface area contributed by atoms with Crippen molar-refractivity contribution in [2.75, 3.05) is 0 Å². The molecule has 0 amide bonds. The largest absolute Gasteiger partial charge is 0.391 e. The van der Waals surface area contributed by atoms with Crippen molar-refractivity contribution in [3.05, 3.63) is 69.2 Å². The van der Waals surface area contributed by atoms with E-state index in [2.05, 4.69) is 15.9 Å². The van der Waals surface area contributed by atoms with Gasteiger partial charge < -0.3 is 10.8 Å². The first kappa shape index (κ1) is 14.5. The predicted molar refractivity (Wildman–Crippen MR) is 82.2 cm³/mol. The van der Waals surface area contributed by atoms with Crippen molar-refractivity contribution in [1.82, 2.24) is 0 Å². The highest BCUT2D eigenvalue weighted by Gasteiger charge is 2.19. The number of nitrogens with two attached hydrogens (primary N) is 1. The zero-order valence-corrected chi connectivity index (χ0v) is 12.6. The van der Waals surface area contributed by atoms with E-state index < -0.39 is 12.1 Å². The Morgan fingerprint density at radius 3 is 2.53 bits per heavy atom. The molecular formula is C15H15BrClNO. The second-order valence-electron chi connectivity index (χ2n) is 4.45. The number of rotatable bonds is 4. The van der Waals surface area contributed by atoms with Crippen molar-refractivity contribution in [3.63, 3.8) is 0 Å². The van der Waals surface area contributed by atoms with Crippen LogP contribution in [0.4, 0.5) is 0 Å². The summed E-state index contributed by atoms with van der Waals surface area (Å²) in [6.45, 7) is 0. The van der Waals surface area contributed by atoms with E-state index in [9.17, 15) is 5.11 Å². The number of hydrogen-bond acceptors (Lipinski definition) is 2. The van der Waals surface area contributed by atoms with Crippen molar-refractivity contribution < 1.29 is 5.11 Å². The number of halogens is 2. The van der Waals surface area contributed by atoms with Gasteiger partial charge in [0.15, 0.2) is 0 Å². The maximum Gasteiger partial charge on any atom is 0.0773 e.